The van der Waals surface area contributed by atoms with Gasteiger partial charge in [0.25, 0.3) is 22.0 Å². The molecule has 0 aliphatic carbocycles. The molecule has 0 amide bonds. The number of hydrogen-bond acceptors (Lipinski definition) is 11. The number of nitrogens with zero attached hydrogens (tertiary/aromatic N) is 8. The molecule has 1 fully saturated rings. The van der Waals surface area contributed by atoms with Crippen LogP contribution in [0.25, 0.3) is 22.3 Å². The highest BCUT2D eigenvalue weighted by molar-refractivity contribution is 7.89. The number of hydrogen-bond donors (Lipinski definition) is 1. The summed E-state index contributed by atoms with van der Waals surface area (Å²) in [6.07, 6.45) is 2.73. The third kappa shape index (κ3) is 6.61. The van der Waals surface area contributed by atoms with Crippen LogP contribution in [0.15, 0.2) is 71.0 Å². The van der Waals surface area contributed by atoms with Crippen LogP contribution in [0.2, 0.25) is 0 Å². The van der Waals surface area contributed by atoms with E-state index in [0.717, 1.165) is 33.6 Å². The molecule has 47 heavy (non-hydrogen) atoms. The van der Waals surface area contributed by atoms with Crippen molar-refractivity contribution in [3.63, 3.8) is 0 Å². The zero-order chi connectivity index (χ0) is 33.5. The Bertz CT molecular complexity index is 2240. The minimum Gasteiger partial charge on any atom is -0.351 e. The number of halogens is 2. The molecular weight excluding hydrogens is 657 g/mol. The Morgan fingerprint density at radius 2 is 1.81 bits per heavy atom. The molecule has 246 valence electrons. The van der Waals surface area contributed by atoms with Crippen LogP contribution in [0.1, 0.15) is 36.1 Å². The fourth-order valence-corrected chi connectivity index (χ4v) is 7.36. The number of aromatic nitrogens is 7. The third-order valence-electron chi connectivity index (χ3n) is 7.94. The predicted octanol–water partition coefficient (Wildman–Crippen LogP) is 2.81. The second kappa shape index (κ2) is 12.5. The number of rotatable bonds is 9. The first kappa shape index (κ1) is 32.3. The van der Waals surface area contributed by atoms with Crippen LogP contribution in [0, 0.1) is 6.92 Å². The molecule has 18 heteroatoms. The Morgan fingerprint density at radius 3 is 2.47 bits per heavy atom. The van der Waals surface area contributed by atoms with Gasteiger partial charge in [0.05, 0.1) is 29.0 Å². The Morgan fingerprint density at radius 1 is 1.04 bits per heavy atom. The molecule has 0 unspecified atom stereocenters. The van der Waals surface area contributed by atoms with E-state index < -0.39 is 37.6 Å². The molecule has 5 aromatic rings. The molecule has 0 bridgehead atoms. The van der Waals surface area contributed by atoms with Gasteiger partial charge >= 0.3 is 0 Å². The number of benzene rings is 1. The van der Waals surface area contributed by atoms with Gasteiger partial charge in [-0.05, 0) is 49.6 Å². The zero-order valence-electron chi connectivity index (χ0n) is 25.2. The minimum atomic E-state index is -3.97. The average molecular weight is 686 g/mol. The second-order valence-electron chi connectivity index (χ2n) is 11.1. The summed E-state index contributed by atoms with van der Waals surface area (Å²) in [5.41, 5.74) is 0.539. The highest BCUT2D eigenvalue weighted by atomic mass is 32.2. The largest absolute Gasteiger partial charge is 0.351 e. The molecular formula is C29H29F2N9O5S2. The van der Waals surface area contributed by atoms with E-state index in [1.165, 1.54) is 22.6 Å². The number of nitrogens with one attached hydrogen (secondary N) is 1. The fourth-order valence-electron chi connectivity index (χ4n) is 5.40. The van der Waals surface area contributed by atoms with Crippen LogP contribution < -0.4 is 10.9 Å². The molecule has 5 heterocycles. The Kier molecular flexibility index (Phi) is 8.58. The van der Waals surface area contributed by atoms with Crippen molar-refractivity contribution in [2.24, 2.45) is 0 Å². The number of piperidine rings is 1. The maximum Gasteiger partial charge on any atom is 0.284 e. The summed E-state index contributed by atoms with van der Waals surface area (Å²) in [4.78, 5) is 30.4. The van der Waals surface area contributed by atoms with Gasteiger partial charge in [0.2, 0.25) is 16.0 Å². The van der Waals surface area contributed by atoms with E-state index in [4.69, 9.17) is 0 Å². The first-order valence-electron chi connectivity index (χ1n) is 14.4. The van der Waals surface area contributed by atoms with Gasteiger partial charge in [-0.15, -0.1) is 9.19 Å². The van der Waals surface area contributed by atoms with Gasteiger partial charge in [-0.3, -0.25) is 14.3 Å². The summed E-state index contributed by atoms with van der Waals surface area (Å²) in [7, 11) is -7.27. The van der Waals surface area contributed by atoms with Crippen molar-refractivity contribution in [2.75, 3.05) is 24.7 Å². The summed E-state index contributed by atoms with van der Waals surface area (Å²) in [5, 5.41) is 7.14. The van der Waals surface area contributed by atoms with E-state index in [1.54, 1.807) is 31.2 Å². The lowest BCUT2D eigenvalue weighted by Crippen LogP contribution is -2.42. The summed E-state index contributed by atoms with van der Waals surface area (Å²) >= 11 is 0. The summed E-state index contributed by atoms with van der Waals surface area (Å²) in [6.45, 7) is 2.23. The van der Waals surface area contributed by atoms with Gasteiger partial charge in [-0.25, -0.2) is 31.5 Å². The lowest BCUT2D eigenvalue weighted by atomic mass is 10.1. The molecule has 0 spiro atoms. The third-order valence-corrected chi connectivity index (χ3v) is 10.8. The van der Waals surface area contributed by atoms with Crippen LogP contribution in [0.3, 0.4) is 0 Å². The summed E-state index contributed by atoms with van der Waals surface area (Å²) < 4.78 is 80.7. The van der Waals surface area contributed by atoms with Crippen LogP contribution in [0.4, 0.5) is 14.7 Å². The van der Waals surface area contributed by atoms with Gasteiger partial charge in [0.15, 0.2) is 0 Å². The average Bonchev–Trinajstić information content (AvgIpc) is 3.59. The highest BCUT2D eigenvalue weighted by Gasteiger charge is 2.26. The van der Waals surface area contributed by atoms with E-state index in [2.05, 4.69) is 30.4 Å². The number of sulfonamides is 1. The van der Waals surface area contributed by atoms with Gasteiger partial charge in [-0.1, -0.05) is 18.2 Å². The number of fused-ring (bicyclic) bond motifs is 1. The first-order chi connectivity index (χ1) is 22.3. The van der Waals surface area contributed by atoms with Crippen LogP contribution in [0.5, 0.6) is 0 Å². The van der Waals surface area contributed by atoms with Crippen molar-refractivity contribution in [1.29, 1.82) is 0 Å². The standard InChI is InChI=1S/C29H29F2N9O5S2/c1-18-20(6-7-25(35-18)19-4-3-5-23(12-19)47(44,45)40-17-32-16-34-40)15-39-27-21(13-24(26(30)31)28(39)41)14-33-29(37-27)36-22-8-10-38(11-9-22)46(2,42)43/h3-7,12-14,16-17,22,26H,8-11,15H2,1-2H3,(H,33,36,37). The van der Waals surface area contributed by atoms with Crippen molar-refractivity contribution < 1.29 is 25.6 Å². The van der Waals surface area contributed by atoms with Crippen molar-refractivity contribution >= 4 is 37.0 Å². The molecule has 14 nitrogen and oxygen atoms in total. The summed E-state index contributed by atoms with van der Waals surface area (Å²) in [6, 6.07) is 10.5. The molecule has 0 saturated carbocycles. The van der Waals surface area contributed by atoms with Crippen LogP contribution >= 0.6 is 0 Å². The number of anilines is 1. The molecule has 1 saturated heterocycles. The Hall–Kier alpha value is -4.68. The number of pyridine rings is 2. The minimum absolute atomic E-state index is 0.0177. The number of aryl methyl sites for hydroxylation is 1. The molecule has 1 aliphatic rings. The van der Waals surface area contributed by atoms with Crippen LogP contribution in [-0.4, -0.2) is 80.2 Å². The molecule has 6 rings (SSSR count). The normalized spacial score (nSPS) is 15.0. The smallest absolute Gasteiger partial charge is 0.284 e. The lowest BCUT2D eigenvalue weighted by Gasteiger charge is -2.30. The predicted molar refractivity (Wildman–Crippen MR) is 168 cm³/mol. The highest BCUT2D eigenvalue weighted by Crippen LogP contribution is 2.26. The topological polar surface area (TPSA) is 175 Å². The summed E-state index contributed by atoms with van der Waals surface area (Å²) in [5.74, 6) is 0.180. The molecule has 4 aromatic heterocycles. The van der Waals surface area contributed by atoms with Crippen molar-refractivity contribution in [1.82, 2.24) is 38.0 Å². The van der Waals surface area contributed by atoms with Gasteiger partial charge < -0.3 is 5.32 Å². The zero-order valence-corrected chi connectivity index (χ0v) is 26.8. The van der Waals surface area contributed by atoms with Crippen molar-refractivity contribution in [2.45, 2.75) is 43.7 Å². The molecule has 0 atom stereocenters. The molecule has 1 aromatic carbocycles. The van der Waals surface area contributed by atoms with E-state index in [9.17, 15) is 30.4 Å². The monoisotopic (exact) mass is 685 g/mol. The first-order valence-corrected chi connectivity index (χ1v) is 17.7. The van der Waals surface area contributed by atoms with Gasteiger partial charge in [-0.2, -0.15) is 13.4 Å². The van der Waals surface area contributed by atoms with Gasteiger partial charge in [0.1, 0.15) is 18.3 Å². The van der Waals surface area contributed by atoms with Gasteiger partial charge in [0, 0.05) is 42.0 Å². The second-order valence-corrected chi connectivity index (χ2v) is 14.9. The SMILES string of the molecule is Cc1nc(-c2cccc(S(=O)(=O)n3cncn3)c2)ccc1Cn1c(=O)c(C(F)F)cc2cnc(NC3CCN(S(C)(=O)=O)CC3)nc21. The molecule has 0 radical (unpaired) electrons. The maximum atomic E-state index is 13.9. The van der Waals surface area contributed by atoms with Crippen LogP contribution in [-0.2, 0) is 26.6 Å². The Balaban J connectivity index is 1.31. The maximum absolute atomic E-state index is 13.9. The van der Waals surface area contributed by atoms with Crippen molar-refractivity contribution in [3.8, 4) is 11.3 Å². The molecule has 1 N–H and O–H groups in total. The van der Waals surface area contributed by atoms with Crippen molar-refractivity contribution in [3.05, 3.63) is 88.5 Å². The van der Waals surface area contributed by atoms with E-state index in [-0.39, 0.29) is 34.5 Å². The lowest BCUT2D eigenvalue weighted by molar-refractivity contribution is 0.149. The van der Waals surface area contributed by atoms with E-state index in [1.807, 2.05) is 0 Å². The Labute approximate surface area is 268 Å². The van der Waals surface area contributed by atoms with E-state index >= 15 is 0 Å². The quantitative estimate of drug-likeness (QED) is 0.242. The fraction of sp³-hybridized carbons (Fsp3) is 0.310. The molecule has 1 aliphatic heterocycles. The van der Waals surface area contributed by atoms with E-state index in [0.29, 0.717) is 48.4 Å². The number of alkyl halides is 2.